The van der Waals surface area contributed by atoms with Gasteiger partial charge in [0.15, 0.2) is 0 Å². The molecule has 2 fully saturated rings. The predicted octanol–water partition coefficient (Wildman–Crippen LogP) is 2.90. The number of rotatable bonds is 6. The lowest BCUT2D eigenvalue weighted by molar-refractivity contribution is 0.0730. The highest BCUT2D eigenvalue weighted by Crippen LogP contribution is 2.27. The normalized spacial score (nSPS) is 16.9. The van der Waals surface area contributed by atoms with Gasteiger partial charge in [-0.3, -0.25) is 4.79 Å². The number of nitrogens with one attached hydrogen (secondary N) is 3. The minimum atomic E-state index is -3.85. The predicted molar refractivity (Wildman–Crippen MR) is 121 cm³/mol. The molecule has 3 amide bonds. The number of hydrogen-bond donors (Lipinski definition) is 3. The van der Waals surface area contributed by atoms with E-state index in [-0.39, 0.29) is 40.6 Å². The highest BCUT2D eigenvalue weighted by molar-refractivity contribution is 7.89. The lowest BCUT2D eigenvalue weighted by Crippen LogP contribution is -2.40. The second-order valence-electron chi connectivity index (χ2n) is 7.57. The summed E-state index contributed by atoms with van der Waals surface area (Å²) in [4.78, 5) is 24.4. The van der Waals surface area contributed by atoms with E-state index in [4.69, 9.17) is 16.3 Å². The third-order valence-electron chi connectivity index (χ3n) is 5.09. The largest absolute Gasteiger partial charge is 0.379 e. The molecule has 1 aliphatic carbocycles. The summed E-state index contributed by atoms with van der Waals surface area (Å²) in [5, 5.41) is 8.32. The average Bonchev–Trinajstić information content (AvgIpc) is 3.59. The zero-order chi connectivity index (χ0) is 22.7. The number of anilines is 2. The first-order chi connectivity index (χ1) is 15.3. The van der Waals surface area contributed by atoms with Gasteiger partial charge in [-0.1, -0.05) is 11.6 Å². The van der Waals surface area contributed by atoms with Gasteiger partial charge in [-0.15, -0.1) is 0 Å². The summed E-state index contributed by atoms with van der Waals surface area (Å²) in [6, 6.07) is 10.8. The zero-order valence-corrected chi connectivity index (χ0v) is 18.7. The van der Waals surface area contributed by atoms with Crippen LogP contribution in [0.15, 0.2) is 47.4 Å². The van der Waals surface area contributed by atoms with Crippen LogP contribution in [-0.2, 0) is 14.8 Å². The van der Waals surface area contributed by atoms with Crippen molar-refractivity contribution in [1.82, 2.24) is 9.62 Å². The highest BCUT2D eigenvalue weighted by atomic mass is 35.5. The minimum Gasteiger partial charge on any atom is -0.379 e. The molecule has 1 aliphatic heterocycles. The van der Waals surface area contributed by atoms with Gasteiger partial charge >= 0.3 is 6.03 Å². The second kappa shape index (κ2) is 9.45. The van der Waals surface area contributed by atoms with E-state index in [9.17, 15) is 18.0 Å². The number of urea groups is 1. The second-order valence-corrected chi connectivity index (χ2v) is 9.88. The fourth-order valence-corrected chi connectivity index (χ4v) is 5.10. The lowest BCUT2D eigenvalue weighted by atomic mass is 10.2. The standard InChI is InChI=1S/C21H23ClN4O5S/c22-18-8-1-14(13-19(18)32(29,30)26-9-11-31-12-10-26)20(27)23-15-2-4-16(5-3-15)24-21(28)25-17-6-7-17/h1-5,8,13,17H,6-7,9-12H2,(H,23,27)(H2,24,25,28). The fraction of sp³-hybridized carbons (Fsp3) is 0.333. The minimum absolute atomic E-state index is 0.0490. The van der Waals surface area contributed by atoms with Crippen molar-refractivity contribution < 1.29 is 22.7 Å². The molecule has 3 N–H and O–H groups in total. The fourth-order valence-electron chi connectivity index (χ4n) is 3.19. The van der Waals surface area contributed by atoms with Crippen LogP contribution < -0.4 is 16.0 Å². The summed E-state index contributed by atoms with van der Waals surface area (Å²) in [5.41, 5.74) is 1.24. The zero-order valence-electron chi connectivity index (χ0n) is 17.1. The third-order valence-corrected chi connectivity index (χ3v) is 7.47. The Labute approximate surface area is 191 Å². The third kappa shape index (κ3) is 5.39. The van der Waals surface area contributed by atoms with Crippen molar-refractivity contribution in [3.63, 3.8) is 0 Å². The molecule has 11 heteroatoms. The van der Waals surface area contributed by atoms with Gasteiger partial charge < -0.3 is 20.7 Å². The first kappa shape index (κ1) is 22.5. The van der Waals surface area contributed by atoms with Gasteiger partial charge in [0.1, 0.15) is 4.90 Å². The van der Waals surface area contributed by atoms with Crippen LogP contribution in [0.1, 0.15) is 23.2 Å². The molecular formula is C21H23ClN4O5S. The molecule has 1 saturated carbocycles. The van der Waals surface area contributed by atoms with E-state index in [0.29, 0.717) is 24.6 Å². The van der Waals surface area contributed by atoms with Crippen molar-refractivity contribution in [3.8, 4) is 0 Å². The van der Waals surface area contributed by atoms with E-state index in [1.807, 2.05) is 0 Å². The van der Waals surface area contributed by atoms with Gasteiger partial charge in [0.2, 0.25) is 10.0 Å². The van der Waals surface area contributed by atoms with E-state index in [1.54, 1.807) is 24.3 Å². The van der Waals surface area contributed by atoms with E-state index in [0.717, 1.165) is 12.8 Å². The number of ether oxygens (including phenoxy) is 1. The molecule has 32 heavy (non-hydrogen) atoms. The Hall–Kier alpha value is -2.66. The number of sulfonamides is 1. The van der Waals surface area contributed by atoms with Crippen LogP contribution in [0.3, 0.4) is 0 Å². The van der Waals surface area contributed by atoms with Crippen LogP contribution in [0.4, 0.5) is 16.2 Å². The summed E-state index contributed by atoms with van der Waals surface area (Å²) in [6.07, 6.45) is 2.00. The Balaban J connectivity index is 1.44. The number of carbonyl (C=O) groups is 2. The number of carbonyl (C=O) groups excluding carboxylic acids is 2. The first-order valence-corrected chi connectivity index (χ1v) is 12.0. The number of morpholine rings is 1. The Bertz CT molecular complexity index is 1110. The summed E-state index contributed by atoms with van der Waals surface area (Å²) in [5.74, 6) is -0.479. The van der Waals surface area contributed by atoms with Crippen molar-refractivity contribution >= 4 is 44.9 Å². The molecule has 2 aliphatic rings. The summed E-state index contributed by atoms with van der Waals surface area (Å²) < 4.78 is 32.4. The van der Waals surface area contributed by atoms with Crippen LogP contribution in [0, 0.1) is 0 Å². The lowest BCUT2D eigenvalue weighted by Gasteiger charge is -2.26. The van der Waals surface area contributed by atoms with Crippen molar-refractivity contribution in [2.45, 2.75) is 23.8 Å². The van der Waals surface area contributed by atoms with Gasteiger partial charge in [0, 0.05) is 36.1 Å². The molecule has 2 aromatic carbocycles. The maximum atomic E-state index is 13.0. The molecule has 0 spiro atoms. The molecule has 9 nitrogen and oxygen atoms in total. The van der Waals surface area contributed by atoms with Gasteiger partial charge in [-0.05, 0) is 55.3 Å². The number of hydrogen-bond acceptors (Lipinski definition) is 5. The summed E-state index contributed by atoms with van der Waals surface area (Å²) in [7, 11) is -3.85. The van der Waals surface area contributed by atoms with E-state index >= 15 is 0 Å². The molecule has 170 valence electrons. The molecule has 0 radical (unpaired) electrons. The van der Waals surface area contributed by atoms with E-state index in [1.165, 1.54) is 22.5 Å². The van der Waals surface area contributed by atoms with Crippen molar-refractivity contribution in [2.75, 3.05) is 36.9 Å². The van der Waals surface area contributed by atoms with Crippen LogP contribution in [-0.4, -0.2) is 57.0 Å². The van der Waals surface area contributed by atoms with E-state index in [2.05, 4.69) is 16.0 Å². The van der Waals surface area contributed by atoms with Crippen molar-refractivity contribution in [2.24, 2.45) is 0 Å². The molecule has 0 bridgehead atoms. The smallest absolute Gasteiger partial charge is 0.319 e. The van der Waals surface area contributed by atoms with Gasteiger partial charge in [-0.2, -0.15) is 4.31 Å². The van der Waals surface area contributed by atoms with Gasteiger partial charge in [0.25, 0.3) is 5.91 Å². The van der Waals surface area contributed by atoms with Crippen LogP contribution in [0.25, 0.3) is 0 Å². The molecule has 1 heterocycles. The van der Waals surface area contributed by atoms with E-state index < -0.39 is 15.9 Å². The molecule has 2 aromatic rings. The highest BCUT2D eigenvalue weighted by Gasteiger charge is 2.29. The number of benzene rings is 2. The van der Waals surface area contributed by atoms with Gasteiger partial charge in [0.05, 0.1) is 18.2 Å². The monoisotopic (exact) mass is 478 g/mol. The molecular weight excluding hydrogens is 456 g/mol. The van der Waals surface area contributed by atoms with Crippen LogP contribution >= 0.6 is 11.6 Å². The number of nitrogens with zero attached hydrogens (tertiary/aromatic N) is 1. The Morgan fingerprint density at radius 2 is 1.59 bits per heavy atom. The Morgan fingerprint density at radius 3 is 2.22 bits per heavy atom. The Kier molecular flexibility index (Phi) is 6.66. The Morgan fingerprint density at radius 1 is 0.969 bits per heavy atom. The molecule has 0 aromatic heterocycles. The molecule has 0 atom stereocenters. The molecule has 4 rings (SSSR count). The quantitative estimate of drug-likeness (QED) is 0.590. The number of halogens is 1. The maximum Gasteiger partial charge on any atom is 0.319 e. The summed E-state index contributed by atoms with van der Waals surface area (Å²) in [6.45, 7) is 1.08. The van der Waals surface area contributed by atoms with Crippen LogP contribution in [0.5, 0.6) is 0 Å². The number of amides is 3. The molecule has 1 saturated heterocycles. The maximum absolute atomic E-state index is 13.0. The van der Waals surface area contributed by atoms with Gasteiger partial charge in [-0.25, -0.2) is 13.2 Å². The van der Waals surface area contributed by atoms with Crippen molar-refractivity contribution in [3.05, 3.63) is 53.1 Å². The summed E-state index contributed by atoms with van der Waals surface area (Å²) >= 11 is 6.15. The topological polar surface area (TPSA) is 117 Å². The van der Waals surface area contributed by atoms with Crippen molar-refractivity contribution in [1.29, 1.82) is 0 Å². The molecule has 0 unspecified atom stereocenters. The SMILES string of the molecule is O=C(Nc1ccc(NC(=O)c2ccc(Cl)c(S(=O)(=O)N3CCOCC3)c2)cc1)NC1CC1. The first-order valence-electron chi connectivity index (χ1n) is 10.2. The average molecular weight is 479 g/mol. The van der Waals surface area contributed by atoms with Crippen LogP contribution in [0.2, 0.25) is 5.02 Å².